The standard InChI is InChI=1S/C27H24.C2H6/c1-19-4-10-22(11-5-19)25-16-26(23-12-6-20(2)7-13-23)18-27(17-25)24-14-8-21(3)9-15-24;1-2/h4-18H,1-3H3;1-2H3. The van der Waals surface area contributed by atoms with Crippen LogP contribution < -0.4 is 0 Å². The van der Waals surface area contributed by atoms with E-state index in [1.54, 1.807) is 0 Å². The molecule has 0 amide bonds. The number of rotatable bonds is 3. The van der Waals surface area contributed by atoms with Crippen molar-refractivity contribution in [2.24, 2.45) is 0 Å². The van der Waals surface area contributed by atoms with Gasteiger partial charge in [-0.1, -0.05) is 103 Å². The molecule has 0 aliphatic rings. The molecule has 0 N–H and O–H groups in total. The van der Waals surface area contributed by atoms with Gasteiger partial charge in [-0.05, 0) is 72.4 Å². The normalized spacial score (nSPS) is 10.2. The number of hydrogen-bond donors (Lipinski definition) is 0. The number of hydrogen-bond acceptors (Lipinski definition) is 0. The highest BCUT2D eigenvalue weighted by Gasteiger charge is 2.07. The summed E-state index contributed by atoms with van der Waals surface area (Å²) < 4.78 is 0. The minimum atomic E-state index is 1.25. The van der Waals surface area contributed by atoms with Crippen molar-refractivity contribution in [3.63, 3.8) is 0 Å². The summed E-state index contributed by atoms with van der Waals surface area (Å²) in [4.78, 5) is 0. The second kappa shape index (κ2) is 9.39. The summed E-state index contributed by atoms with van der Waals surface area (Å²) in [5.74, 6) is 0. The van der Waals surface area contributed by atoms with Crippen molar-refractivity contribution in [1.82, 2.24) is 0 Å². The first kappa shape index (κ1) is 20.6. The molecule has 0 aromatic heterocycles. The summed E-state index contributed by atoms with van der Waals surface area (Å²) in [7, 11) is 0. The molecule has 0 unspecified atom stereocenters. The van der Waals surface area contributed by atoms with Gasteiger partial charge in [-0.3, -0.25) is 0 Å². The zero-order chi connectivity index (χ0) is 20.8. The van der Waals surface area contributed by atoms with Gasteiger partial charge in [0.05, 0.1) is 0 Å². The predicted octanol–water partition coefficient (Wildman–Crippen LogP) is 8.64. The van der Waals surface area contributed by atoms with Gasteiger partial charge < -0.3 is 0 Å². The summed E-state index contributed by atoms with van der Waals surface area (Å²) in [6.45, 7) is 10.4. The van der Waals surface area contributed by atoms with Crippen molar-refractivity contribution < 1.29 is 0 Å². The summed E-state index contributed by atoms with van der Waals surface area (Å²) in [5.41, 5.74) is 11.4. The van der Waals surface area contributed by atoms with Crippen LogP contribution in [0.1, 0.15) is 30.5 Å². The lowest BCUT2D eigenvalue weighted by molar-refractivity contribution is 1.45. The van der Waals surface area contributed by atoms with Crippen LogP contribution in [0, 0.1) is 20.8 Å². The quantitative estimate of drug-likeness (QED) is 0.334. The molecule has 0 nitrogen and oxygen atoms in total. The first-order valence-electron chi connectivity index (χ1n) is 10.4. The summed E-state index contributed by atoms with van der Waals surface area (Å²) in [6.07, 6.45) is 0. The first-order chi connectivity index (χ1) is 14.1. The summed E-state index contributed by atoms with van der Waals surface area (Å²) >= 11 is 0. The molecular formula is C29H30. The third-order valence-corrected chi connectivity index (χ3v) is 5.09. The van der Waals surface area contributed by atoms with E-state index in [9.17, 15) is 0 Å². The van der Waals surface area contributed by atoms with E-state index in [0.29, 0.717) is 0 Å². The molecular weight excluding hydrogens is 348 g/mol. The van der Waals surface area contributed by atoms with Crippen LogP contribution in [0.4, 0.5) is 0 Å². The van der Waals surface area contributed by atoms with Crippen LogP contribution in [0.2, 0.25) is 0 Å². The van der Waals surface area contributed by atoms with Crippen LogP contribution in [-0.2, 0) is 0 Å². The van der Waals surface area contributed by atoms with Gasteiger partial charge in [0.1, 0.15) is 0 Å². The van der Waals surface area contributed by atoms with Crippen molar-refractivity contribution in [3.05, 3.63) is 108 Å². The maximum atomic E-state index is 2.30. The van der Waals surface area contributed by atoms with E-state index in [0.717, 1.165) is 0 Å². The van der Waals surface area contributed by atoms with Crippen molar-refractivity contribution >= 4 is 0 Å². The molecule has 0 radical (unpaired) electrons. The molecule has 29 heavy (non-hydrogen) atoms. The average Bonchev–Trinajstić information content (AvgIpc) is 2.76. The average molecular weight is 379 g/mol. The van der Waals surface area contributed by atoms with Gasteiger partial charge in [0.2, 0.25) is 0 Å². The maximum absolute atomic E-state index is 2.30. The Morgan fingerprint density at radius 3 is 0.724 bits per heavy atom. The van der Waals surface area contributed by atoms with E-state index in [1.807, 2.05) is 13.8 Å². The third-order valence-electron chi connectivity index (χ3n) is 5.09. The summed E-state index contributed by atoms with van der Waals surface area (Å²) in [6, 6.07) is 33.2. The molecule has 4 aromatic rings. The largest absolute Gasteiger partial charge is 0.0683 e. The van der Waals surface area contributed by atoms with Gasteiger partial charge >= 0.3 is 0 Å². The third kappa shape index (κ3) is 5.03. The van der Waals surface area contributed by atoms with Crippen LogP contribution in [0.15, 0.2) is 91.0 Å². The van der Waals surface area contributed by atoms with Crippen molar-refractivity contribution in [2.45, 2.75) is 34.6 Å². The monoisotopic (exact) mass is 378 g/mol. The number of benzene rings is 4. The van der Waals surface area contributed by atoms with Crippen molar-refractivity contribution in [1.29, 1.82) is 0 Å². The van der Waals surface area contributed by atoms with Gasteiger partial charge in [0, 0.05) is 0 Å². The molecule has 0 atom stereocenters. The zero-order valence-electron chi connectivity index (χ0n) is 18.2. The molecule has 0 aliphatic carbocycles. The topological polar surface area (TPSA) is 0 Å². The molecule has 0 aliphatic heterocycles. The highest BCUT2D eigenvalue weighted by atomic mass is 14.1. The molecule has 0 spiro atoms. The van der Waals surface area contributed by atoms with E-state index < -0.39 is 0 Å². The molecule has 0 heterocycles. The fourth-order valence-corrected chi connectivity index (χ4v) is 3.37. The van der Waals surface area contributed by atoms with Gasteiger partial charge in [0.15, 0.2) is 0 Å². The molecule has 146 valence electrons. The molecule has 0 fully saturated rings. The Hall–Kier alpha value is -3.12. The molecule has 4 aromatic carbocycles. The molecule has 0 saturated heterocycles. The van der Waals surface area contributed by atoms with Crippen LogP contribution in [0.25, 0.3) is 33.4 Å². The lowest BCUT2D eigenvalue weighted by atomic mass is 9.92. The Balaban J connectivity index is 0.00000117. The Morgan fingerprint density at radius 2 is 0.517 bits per heavy atom. The zero-order valence-corrected chi connectivity index (χ0v) is 18.2. The Labute approximate surface area is 175 Å². The fourth-order valence-electron chi connectivity index (χ4n) is 3.37. The van der Waals surface area contributed by atoms with E-state index in [4.69, 9.17) is 0 Å². The highest BCUT2D eigenvalue weighted by molar-refractivity contribution is 5.81. The Morgan fingerprint density at radius 1 is 0.310 bits per heavy atom. The van der Waals surface area contributed by atoms with Gasteiger partial charge in [-0.2, -0.15) is 0 Å². The minimum Gasteiger partial charge on any atom is -0.0683 e. The van der Waals surface area contributed by atoms with Gasteiger partial charge in [-0.15, -0.1) is 0 Å². The van der Waals surface area contributed by atoms with Crippen LogP contribution in [0.5, 0.6) is 0 Å². The van der Waals surface area contributed by atoms with Crippen LogP contribution in [0.3, 0.4) is 0 Å². The fraction of sp³-hybridized carbons (Fsp3) is 0.172. The Kier molecular flexibility index (Phi) is 6.67. The Bertz CT molecular complexity index is 897. The van der Waals surface area contributed by atoms with E-state index in [2.05, 4.69) is 112 Å². The lowest BCUT2D eigenvalue weighted by Crippen LogP contribution is -1.87. The second-order valence-electron chi connectivity index (χ2n) is 7.40. The van der Waals surface area contributed by atoms with Crippen molar-refractivity contribution in [2.75, 3.05) is 0 Å². The molecule has 0 bridgehead atoms. The minimum absolute atomic E-state index is 1.25. The maximum Gasteiger partial charge on any atom is -0.0172 e. The SMILES string of the molecule is CC.Cc1ccc(-c2cc(-c3ccc(C)cc3)cc(-c3ccc(C)cc3)c2)cc1. The van der Waals surface area contributed by atoms with Gasteiger partial charge in [-0.25, -0.2) is 0 Å². The first-order valence-corrected chi connectivity index (χ1v) is 10.4. The predicted molar refractivity (Wildman–Crippen MR) is 128 cm³/mol. The van der Waals surface area contributed by atoms with E-state index in [-0.39, 0.29) is 0 Å². The van der Waals surface area contributed by atoms with Crippen LogP contribution >= 0.6 is 0 Å². The van der Waals surface area contributed by atoms with Crippen molar-refractivity contribution in [3.8, 4) is 33.4 Å². The molecule has 4 rings (SSSR count). The second-order valence-corrected chi connectivity index (χ2v) is 7.40. The lowest BCUT2D eigenvalue weighted by Gasteiger charge is -2.12. The van der Waals surface area contributed by atoms with Crippen LogP contribution in [-0.4, -0.2) is 0 Å². The smallest absolute Gasteiger partial charge is 0.0172 e. The number of aryl methyl sites for hydroxylation is 3. The molecule has 0 heteroatoms. The van der Waals surface area contributed by atoms with E-state index >= 15 is 0 Å². The molecule has 0 saturated carbocycles. The van der Waals surface area contributed by atoms with Gasteiger partial charge in [0.25, 0.3) is 0 Å². The summed E-state index contributed by atoms with van der Waals surface area (Å²) in [5, 5.41) is 0. The highest BCUT2D eigenvalue weighted by Crippen LogP contribution is 2.33. The van der Waals surface area contributed by atoms with E-state index in [1.165, 1.54) is 50.1 Å².